The fraction of sp³-hybridized carbons (Fsp3) is 0.880. The minimum Gasteiger partial charge on any atom is -0.462 e. The predicted octanol–water partition coefficient (Wildman–Crippen LogP) is 5.68. The maximum atomic E-state index is 12.3. The molecule has 7 unspecified atom stereocenters. The van der Waals surface area contributed by atoms with Crippen LogP contribution in [0.25, 0.3) is 0 Å². The van der Waals surface area contributed by atoms with Crippen LogP contribution in [0.5, 0.6) is 0 Å². The molecule has 4 aliphatic carbocycles. The number of allylic oxidation sites excluding steroid dienone is 1. The largest absolute Gasteiger partial charge is 0.462 e. The van der Waals surface area contributed by atoms with Crippen molar-refractivity contribution >= 4 is 5.97 Å². The van der Waals surface area contributed by atoms with E-state index in [0.717, 1.165) is 24.0 Å². The third kappa shape index (κ3) is 2.53. The Bertz CT molecular complexity index is 707. The topological polar surface area (TPSA) is 38.8 Å². The molecule has 5 aliphatic rings. The van der Waals surface area contributed by atoms with Crippen LogP contribution in [0.1, 0.15) is 85.5 Å². The molecular formula is C25H38O3. The minimum atomic E-state index is -0.132. The van der Waals surface area contributed by atoms with Crippen molar-refractivity contribution in [3.63, 3.8) is 0 Å². The van der Waals surface area contributed by atoms with Crippen LogP contribution < -0.4 is 0 Å². The van der Waals surface area contributed by atoms with E-state index >= 15 is 0 Å². The number of ether oxygens (including phenoxy) is 2. The van der Waals surface area contributed by atoms with Crippen molar-refractivity contribution in [2.45, 2.75) is 91.1 Å². The first-order valence-electron chi connectivity index (χ1n) is 11.7. The molecule has 1 aliphatic heterocycles. The maximum Gasteiger partial charge on any atom is 0.333 e. The van der Waals surface area contributed by atoms with Gasteiger partial charge in [-0.1, -0.05) is 26.3 Å². The van der Waals surface area contributed by atoms with Crippen molar-refractivity contribution in [3.05, 3.63) is 11.6 Å². The molecule has 2 spiro atoms. The second kappa shape index (κ2) is 6.09. The van der Waals surface area contributed by atoms with Crippen molar-refractivity contribution in [2.75, 3.05) is 13.2 Å². The highest BCUT2D eigenvalue weighted by Gasteiger charge is 2.71. The van der Waals surface area contributed by atoms with Crippen LogP contribution in [-0.4, -0.2) is 24.8 Å². The second-order valence-corrected chi connectivity index (χ2v) is 11.6. The molecule has 0 radical (unpaired) electrons. The molecule has 1 saturated heterocycles. The highest BCUT2D eigenvalue weighted by Crippen LogP contribution is 2.74. The Labute approximate surface area is 170 Å². The van der Waals surface area contributed by atoms with Crippen molar-refractivity contribution in [2.24, 2.45) is 34.0 Å². The summed E-state index contributed by atoms with van der Waals surface area (Å²) in [4.78, 5) is 12.3. The van der Waals surface area contributed by atoms with Gasteiger partial charge in [0, 0.05) is 11.0 Å². The van der Waals surface area contributed by atoms with Gasteiger partial charge in [0.2, 0.25) is 0 Å². The molecule has 28 heavy (non-hydrogen) atoms. The van der Waals surface area contributed by atoms with Crippen molar-refractivity contribution in [1.82, 2.24) is 0 Å². The van der Waals surface area contributed by atoms with Gasteiger partial charge in [-0.05, 0) is 93.8 Å². The van der Waals surface area contributed by atoms with E-state index in [4.69, 9.17) is 9.47 Å². The maximum absolute atomic E-state index is 12.3. The lowest BCUT2D eigenvalue weighted by atomic mass is 9.41. The minimum absolute atomic E-state index is 0.127. The van der Waals surface area contributed by atoms with Crippen LogP contribution in [0.3, 0.4) is 0 Å². The van der Waals surface area contributed by atoms with Crippen LogP contribution in [-0.2, 0) is 14.3 Å². The van der Waals surface area contributed by atoms with Gasteiger partial charge in [-0.3, -0.25) is 0 Å². The first-order valence-corrected chi connectivity index (χ1v) is 11.7. The lowest BCUT2D eigenvalue weighted by Crippen LogP contribution is -2.57. The number of carbonyl (C=O) groups is 1. The fourth-order valence-electron chi connectivity index (χ4n) is 8.80. The summed E-state index contributed by atoms with van der Waals surface area (Å²) >= 11 is 0. The Kier molecular flexibility index (Phi) is 4.17. The van der Waals surface area contributed by atoms with Gasteiger partial charge in [-0.15, -0.1) is 0 Å². The van der Waals surface area contributed by atoms with Crippen molar-refractivity contribution in [3.8, 4) is 0 Å². The number of rotatable bonds is 3. The summed E-state index contributed by atoms with van der Waals surface area (Å²) in [6, 6.07) is 0. The number of hydrogen-bond donors (Lipinski definition) is 0. The van der Waals surface area contributed by atoms with Gasteiger partial charge >= 0.3 is 5.97 Å². The molecule has 2 bridgehead atoms. The van der Waals surface area contributed by atoms with Gasteiger partial charge in [0.05, 0.1) is 18.8 Å². The summed E-state index contributed by atoms with van der Waals surface area (Å²) < 4.78 is 11.9. The van der Waals surface area contributed by atoms with E-state index in [1.54, 1.807) is 0 Å². The number of hydrogen-bond acceptors (Lipinski definition) is 3. The van der Waals surface area contributed by atoms with Crippen molar-refractivity contribution in [1.29, 1.82) is 0 Å². The normalized spacial score (nSPS) is 52.1. The van der Waals surface area contributed by atoms with Gasteiger partial charge in [0.15, 0.2) is 0 Å². The molecule has 5 rings (SSSR count). The highest BCUT2D eigenvalue weighted by atomic mass is 16.6. The first-order chi connectivity index (χ1) is 13.3. The van der Waals surface area contributed by atoms with E-state index in [1.807, 2.05) is 19.9 Å². The molecule has 0 aromatic heterocycles. The Hall–Kier alpha value is -0.830. The summed E-state index contributed by atoms with van der Waals surface area (Å²) in [6.45, 7) is 10.4. The molecule has 0 aromatic carbocycles. The molecule has 4 saturated carbocycles. The van der Waals surface area contributed by atoms with Crippen LogP contribution in [0.15, 0.2) is 11.6 Å². The Morgan fingerprint density at radius 3 is 2.64 bits per heavy atom. The molecular weight excluding hydrogens is 348 g/mol. The highest BCUT2D eigenvalue weighted by molar-refractivity contribution is 5.87. The van der Waals surface area contributed by atoms with Crippen LogP contribution in [0, 0.1) is 34.0 Å². The zero-order valence-corrected chi connectivity index (χ0v) is 18.3. The molecule has 1 heterocycles. The summed E-state index contributed by atoms with van der Waals surface area (Å²) in [6.07, 6.45) is 13.9. The number of carbonyl (C=O) groups excluding carboxylic acids is 1. The zero-order valence-electron chi connectivity index (χ0n) is 18.3. The van der Waals surface area contributed by atoms with E-state index in [-0.39, 0.29) is 17.0 Å². The van der Waals surface area contributed by atoms with Crippen LogP contribution in [0.4, 0.5) is 0 Å². The SMILES string of the molecule is CC=C(C)C(=O)OCC1(C)CCCC2(C)C1CCC13CC(CCC12)C1(CO1)C3. The van der Waals surface area contributed by atoms with E-state index in [9.17, 15) is 4.79 Å². The Balaban J connectivity index is 1.39. The summed E-state index contributed by atoms with van der Waals surface area (Å²) in [5.41, 5.74) is 2.08. The van der Waals surface area contributed by atoms with Crippen LogP contribution >= 0.6 is 0 Å². The molecule has 5 fully saturated rings. The average molecular weight is 387 g/mol. The monoisotopic (exact) mass is 386 g/mol. The second-order valence-electron chi connectivity index (χ2n) is 11.6. The molecule has 0 amide bonds. The molecule has 3 heteroatoms. The van der Waals surface area contributed by atoms with E-state index in [0.29, 0.717) is 23.4 Å². The lowest BCUT2D eigenvalue weighted by molar-refractivity contribution is -0.171. The predicted molar refractivity (Wildman–Crippen MR) is 110 cm³/mol. The summed E-state index contributed by atoms with van der Waals surface area (Å²) in [5.74, 6) is 2.22. The van der Waals surface area contributed by atoms with E-state index in [2.05, 4.69) is 13.8 Å². The van der Waals surface area contributed by atoms with Gasteiger partial charge in [0.1, 0.15) is 0 Å². The number of esters is 1. The molecule has 156 valence electrons. The van der Waals surface area contributed by atoms with Gasteiger partial charge in [0.25, 0.3) is 0 Å². The lowest BCUT2D eigenvalue weighted by Gasteiger charge is -2.64. The van der Waals surface area contributed by atoms with Gasteiger partial charge in [-0.25, -0.2) is 4.79 Å². The summed E-state index contributed by atoms with van der Waals surface area (Å²) in [5, 5.41) is 0. The quantitative estimate of drug-likeness (QED) is 0.356. The smallest absolute Gasteiger partial charge is 0.333 e. The molecule has 0 aromatic rings. The summed E-state index contributed by atoms with van der Waals surface area (Å²) in [7, 11) is 0. The molecule has 3 nitrogen and oxygen atoms in total. The standard InChI is InChI=1S/C25H38O3/c1-5-17(2)21(26)27-15-22(3)10-6-11-23(4)19(22)9-12-24-13-18(7-8-20(23)24)25(14-24)16-28-25/h5,18-20H,6-16H2,1-4H3. The van der Waals surface area contributed by atoms with E-state index < -0.39 is 0 Å². The van der Waals surface area contributed by atoms with Gasteiger partial charge in [-0.2, -0.15) is 0 Å². The average Bonchev–Trinajstić information content (AvgIpc) is 3.40. The third-order valence-corrected chi connectivity index (χ3v) is 10.2. The van der Waals surface area contributed by atoms with Crippen molar-refractivity contribution < 1.29 is 14.3 Å². The molecule has 7 atom stereocenters. The van der Waals surface area contributed by atoms with Crippen LogP contribution in [0.2, 0.25) is 0 Å². The third-order valence-electron chi connectivity index (χ3n) is 10.2. The Morgan fingerprint density at radius 2 is 1.93 bits per heavy atom. The number of epoxide rings is 1. The Morgan fingerprint density at radius 1 is 1.14 bits per heavy atom. The zero-order chi connectivity index (χ0) is 19.8. The number of fused-ring (bicyclic) bond motifs is 4. The van der Waals surface area contributed by atoms with Gasteiger partial charge < -0.3 is 9.47 Å². The molecule has 0 N–H and O–H groups in total. The first kappa shape index (κ1) is 19.2. The fourth-order valence-corrected chi connectivity index (χ4v) is 8.80. The van der Waals surface area contributed by atoms with E-state index in [1.165, 1.54) is 57.8 Å².